The molecule has 0 spiro atoms. The lowest BCUT2D eigenvalue weighted by molar-refractivity contribution is 0.0746. The van der Waals surface area contributed by atoms with Crippen molar-refractivity contribution in [1.82, 2.24) is 9.55 Å². The first-order valence-electron chi connectivity index (χ1n) is 9.87. The Balaban J connectivity index is 0.00000204. The summed E-state index contributed by atoms with van der Waals surface area (Å²) in [7, 11) is -2.71. The third-order valence-corrected chi connectivity index (χ3v) is 5.84. The highest BCUT2D eigenvalue weighted by Crippen LogP contribution is 2.37. The van der Waals surface area contributed by atoms with Gasteiger partial charge in [-0.15, -0.1) is 0 Å². The fraction of sp³-hybridized carbons (Fsp3) is 0.474. The van der Waals surface area contributed by atoms with Crippen LogP contribution in [-0.4, -0.2) is 79.1 Å². The van der Waals surface area contributed by atoms with Gasteiger partial charge in [-0.05, 0) is 18.9 Å². The maximum Gasteiger partial charge on any atom is 0.359 e. The number of anilines is 1. The number of aromatic nitrogens is 2. The van der Waals surface area contributed by atoms with Crippen LogP contribution in [0.5, 0.6) is 0 Å². The molecule has 2 aliphatic rings. The van der Waals surface area contributed by atoms with Crippen LogP contribution in [0.4, 0.5) is 10.2 Å². The highest BCUT2D eigenvalue weighted by molar-refractivity contribution is 7.86. The smallest absolute Gasteiger partial charge is 0.359 e. The van der Waals surface area contributed by atoms with Gasteiger partial charge in [0, 0.05) is 31.2 Å². The van der Waals surface area contributed by atoms with E-state index in [4.69, 9.17) is 10.6 Å². The van der Waals surface area contributed by atoms with Crippen molar-refractivity contribution in [2.24, 2.45) is 16.8 Å². The van der Waals surface area contributed by atoms with E-state index in [0.29, 0.717) is 25.1 Å². The molecule has 0 bridgehead atoms. The van der Waals surface area contributed by atoms with Gasteiger partial charge in [0.25, 0.3) is 0 Å². The standard InChI is InChI=1S/C19H22FN5O6S.3H2O/c1-30-23-15-9-24(7-10(15)6-21)18-14(20)5-12-16(26)13(19(27)31-32(2,28)29)8-25(11-3-4-11)17(12)22-18;;;/h5,8,10-11H,3-4,6-7,9,21H2,1-2H3;3*1H2/b23-15+;;;. The summed E-state index contributed by atoms with van der Waals surface area (Å²) in [6, 6.07) is 0.966. The van der Waals surface area contributed by atoms with Gasteiger partial charge in [0.15, 0.2) is 11.6 Å². The monoisotopic (exact) mass is 521 g/mol. The Morgan fingerprint density at radius 3 is 2.51 bits per heavy atom. The Morgan fingerprint density at radius 2 is 1.97 bits per heavy atom. The lowest BCUT2D eigenvalue weighted by atomic mass is 10.1. The van der Waals surface area contributed by atoms with Crippen LogP contribution in [0.15, 0.2) is 22.2 Å². The molecule has 2 aromatic rings. The molecule has 1 saturated heterocycles. The van der Waals surface area contributed by atoms with Crippen LogP contribution in [0.2, 0.25) is 0 Å². The number of nitrogens with zero attached hydrogens (tertiary/aromatic N) is 4. The fourth-order valence-corrected chi connectivity index (χ4v) is 4.14. The minimum Gasteiger partial charge on any atom is -0.412 e. The number of hydrogen-bond acceptors (Lipinski definition) is 10. The molecule has 4 rings (SSSR count). The molecular weight excluding hydrogens is 493 g/mol. The SMILES string of the molecule is CO/N=C1\CN(c2nc3c(cc2F)c(=O)c(C(=O)OS(C)(=O)=O)cn3C2CC2)CC1CN.O.O.O. The molecule has 35 heavy (non-hydrogen) atoms. The summed E-state index contributed by atoms with van der Waals surface area (Å²) in [6.45, 7) is 0.935. The highest BCUT2D eigenvalue weighted by atomic mass is 32.2. The molecule has 0 amide bonds. The molecule has 0 radical (unpaired) electrons. The number of fused-ring (bicyclic) bond motifs is 1. The lowest BCUT2D eigenvalue weighted by Gasteiger charge is -2.19. The van der Waals surface area contributed by atoms with E-state index in [1.165, 1.54) is 13.3 Å². The highest BCUT2D eigenvalue weighted by Gasteiger charge is 2.33. The number of carbonyl (C=O) groups is 1. The van der Waals surface area contributed by atoms with Crippen molar-refractivity contribution in [3.05, 3.63) is 33.9 Å². The third-order valence-electron chi connectivity index (χ3n) is 5.38. The van der Waals surface area contributed by atoms with E-state index in [9.17, 15) is 18.0 Å². The van der Waals surface area contributed by atoms with Crippen LogP contribution >= 0.6 is 0 Å². The van der Waals surface area contributed by atoms with Crippen molar-refractivity contribution < 1.29 is 43.1 Å². The van der Waals surface area contributed by atoms with Gasteiger partial charge in [-0.2, -0.15) is 8.42 Å². The quantitative estimate of drug-likeness (QED) is 0.323. The molecule has 2 fully saturated rings. The van der Waals surface area contributed by atoms with Crippen molar-refractivity contribution in [2.75, 3.05) is 37.9 Å². The van der Waals surface area contributed by atoms with Crippen LogP contribution in [0.1, 0.15) is 29.2 Å². The molecule has 1 aliphatic heterocycles. The Kier molecular flexibility index (Phi) is 9.42. The number of nitrogens with two attached hydrogens (primary N) is 1. The Labute approximate surface area is 199 Å². The van der Waals surface area contributed by atoms with Gasteiger partial charge in [0.1, 0.15) is 18.3 Å². The number of carbonyl (C=O) groups excluding carboxylic acids is 1. The van der Waals surface area contributed by atoms with Crippen LogP contribution < -0.4 is 16.1 Å². The molecule has 196 valence electrons. The molecule has 1 atom stereocenters. The van der Waals surface area contributed by atoms with Gasteiger partial charge < -0.3 is 40.6 Å². The molecule has 0 aromatic carbocycles. The Hall–Kier alpha value is -3.18. The van der Waals surface area contributed by atoms with Crippen molar-refractivity contribution in [3.8, 4) is 0 Å². The van der Waals surface area contributed by atoms with E-state index in [-0.39, 0.29) is 51.8 Å². The lowest BCUT2D eigenvalue weighted by Crippen LogP contribution is -2.26. The van der Waals surface area contributed by atoms with E-state index in [1.54, 1.807) is 9.47 Å². The van der Waals surface area contributed by atoms with Crippen molar-refractivity contribution in [2.45, 2.75) is 18.9 Å². The van der Waals surface area contributed by atoms with Gasteiger partial charge in [0.2, 0.25) is 5.43 Å². The second-order valence-electron chi connectivity index (χ2n) is 7.83. The van der Waals surface area contributed by atoms with Crippen LogP contribution in [0, 0.1) is 11.7 Å². The first-order chi connectivity index (χ1) is 15.1. The molecule has 1 aliphatic carbocycles. The van der Waals surface area contributed by atoms with E-state index in [2.05, 4.69) is 14.3 Å². The topological polar surface area (TPSA) is 241 Å². The zero-order valence-corrected chi connectivity index (χ0v) is 19.8. The molecule has 1 unspecified atom stereocenters. The van der Waals surface area contributed by atoms with Crippen LogP contribution in [0.3, 0.4) is 0 Å². The first kappa shape index (κ1) is 29.9. The molecular formula is C19H28FN5O9S. The number of oxime groups is 1. The summed E-state index contributed by atoms with van der Waals surface area (Å²) in [4.78, 5) is 36.1. The normalized spacial score (nSPS) is 18.5. The molecule has 1 saturated carbocycles. The molecule has 14 nitrogen and oxygen atoms in total. The van der Waals surface area contributed by atoms with Crippen LogP contribution in [0.25, 0.3) is 11.0 Å². The summed E-state index contributed by atoms with van der Waals surface area (Å²) in [6.07, 6.45) is 3.48. The molecule has 8 N–H and O–H groups in total. The van der Waals surface area contributed by atoms with Crippen molar-refractivity contribution in [1.29, 1.82) is 0 Å². The average molecular weight is 522 g/mol. The number of pyridine rings is 2. The summed E-state index contributed by atoms with van der Waals surface area (Å²) in [5.74, 6) is -2.19. The predicted molar refractivity (Wildman–Crippen MR) is 125 cm³/mol. The number of hydrogen-bond donors (Lipinski definition) is 1. The van der Waals surface area contributed by atoms with E-state index < -0.39 is 32.9 Å². The van der Waals surface area contributed by atoms with Crippen LogP contribution in [-0.2, 0) is 19.1 Å². The van der Waals surface area contributed by atoms with Gasteiger partial charge in [-0.25, -0.2) is 14.2 Å². The third kappa shape index (κ3) is 5.91. The fourth-order valence-electron chi connectivity index (χ4n) is 3.77. The molecule has 2 aromatic heterocycles. The van der Waals surface area contributed by atoms with Gasteiger partial charge >= 0.3 is 16.1 Å². The zero-order valence-electron chi connectivity index (χ0n) is 18.9. The zero-order chi connectivity index (χ0) is 23.2. The second kappa shape index (κ2) is 11.0. The predicted octanol–water partition coefficient (Wildman–Crippen LogP) is -2.09. The van der Waals surface area contributed by atoms with E-state index in [0.717, 1.165) is 18.9 Å². The van der Waals surface area contributed by atoms with Gasteiger partial charge in [0.05, 0.1) is 23.9 Å². The average Bonchev–Trinajstić information content (AvgIpc) is 3.47. The Morgan fingerprint density at radius 1 is 1.31 bits per heavy atom. The van der Waals surface area contributed by atoms with Gasteiger partial charge in [-0.1, -0.05) is 5.16 Å². The maximum absolute atomic E-state index is 15.1. The number of rotatable bonds is 6. The Bertz CT molecular complexity index is 1290. The molecule has 16 heteroatoms. The summed E-state index contributed by atoms with van der Waals surface area (Å²) in [5.41, 5.74) is 5.30. The molecule has 3 heterocycles. The summed E-state index contributed by atoms with van der Waals surface area (Å²) in [5, 5.41) is 3.83. The van der Waals surface area contributed by atoms with Gasteiger partial charge in [-0.3, -0.25) is 4.79 Å². The minimum atomic E-state index is -4.13. The summed E-state index contributed by atoms with van der Waals surface area (Å²) < 4.78 is 43.7. The van der Waals surface area contributed by atoms with Crippen molar-refractivity contribution in [3.63, 3.8) is 0 Å². The maximum atomic E-state index is 15.1. The first-order valence-corrected chi connectivity index (χ1v) is 11.7. The van der Waals surface area contributed by atoms with E-state index >= 15 is 4.39 Å². The number of halogens is 1. The minimum absolute atomic E-state index is 0. The largest absolute Gasteiger partial charge is 0.412 e. The van der Waals surface area contributed by atoms with E-state index in [1.807, 2.05) is 0 Å². The summed E-state index contributed by atoms with van der Waals surface area (Å²) >= 11 is 0. The second-order valence-corrected chi connectivity index (χ2v) is 9.40. The van der Waals surface area contributed by atoms with Crippen molar-refractivity contribution >= 4 is 38.7 Å².